The SMILES string of the molecule is CCOc1ccc(CC(C)NCCN2CCOCC2)cc1N. The van der Waals surface area contributed by atoms with Gasteiger partial charge in [0.05, 0.1) is 25.5 Å². The predicted molar refractivity (Wildman–Crippen MR) is 90.5 cm³/mol. The summed E-state index contributed by atoms with van der Waals surface area (Å²) >= 11 is 0. The molecule has 124 valence electrons. The molecule has 1 aromatic carbocycles. The van der Waals surface area contributed by atoms with Crippen molar-refractivity contribution in [3.8, 4) is 5.75 Å². The molecule has 1 aliphatic heterocycles. The summed E-state index contributed by atoms with van der Waals surface area (Å²) in [5, 5.41) is 3.58. The van der Waals surface area contributed by atoms with Crippen LogP contribution < -0.4 is 15.8 Å². The number of hydrogen-bond donors (Lipinski definition) is 2. The van der Waals surface area contributed by atoms with E-state index in [9.17, 15) is 0 Å². The molecule has 1 heterocycles. The molecule has 1 saturated heterocycles. The first-order valence-electron chi connectivity index (χ1n) is 8.23. The smallest absolute Gasteiger partial charge is 0.142 e. The Morgan fingerprint density at radius 2 is 2.14 bits per heavy atom. The molecule has 0 aliphatic carbocycles. The molecule has 0 amide bonds. The summed E-state index contributed by atoms with van der Waals surface area (Å²) < 4.78 is 10.8. The lowest BCUT2D eigenvalue weighted by Gasteiger charge is -2.27. The third kappa shape index (κ3) is 5.48. The van der Waals surface area contributed by atoms with Crippen LogP contribution in [0.3, 0.4) is 0 Å². The van der Waals surface area contributed by atoms with E-state index in [1.807, 2.05) is 19.1 Å². The Bertz CT molecular complexity index is 448. The van der Waals surface area contributed by atoms with E-state index >= 15 is 0 Å². The number of ether oxygens (including phenoxy) is 2. The maximum Gasteiger partial charge on any atom is 0.142 e. The van der Waals surface area contributed by atoms with Crippen LogP contribution in [0.1, 0.15) is 19.4 Å². The summed E-state index contributed by atoms with van der Waals surface area (Å²) in [6.45, 7) is 10.7. The second-order valence-corrected chi connectivity index (χ2v) is 5.82. The lowest BCUT2D eigenvalue weighted by Crippen LogP contribution is -2.42. The Hall–Kier alpha value is -1.30. The Morgan fingerprint density at radius 3 is 2.82 bits per heavy atom. The number of nitrogen functional groups attached to an aromatic ring is 1. The van der Waals surface area contributed by atoms with Crippen molar-refractivity contribution < 1.29 is 9.47 Å². The highest BCUT2D eigenvalue weighted by molar-refractivity contribution is 5.54. The van der Waals surface area contributed by atoms with Crippen LogP contribution in [0.15, 0.2) is 18.2 Å². The second kappa shape index (κ2) is 8.98. The Labute approximate surface area is 133 Å². The van der Waals surface area contributed by atoms with Gasteiger partial charge in [0.1, 0.15) is 5.75 Å². The van der Waals surface area contributed by atoms with Gasteiger partial charge >= 0.3 is 0 Å². The normalized spacial score (nSPS) is 17.4. The molecule has 5 nitrogen and oxygen atoms in total. The largest absolute Gasteiger partial charge is 0.492 e. The van der Waals surface area contributed by atoms with Gasteiger partial charge in [-0.25, -0.2) is 0 Å². The number of nitrogens with two attached hydrogens (primary N) is 1. The van der Waals surface area contributed by atoms with Gasteiger partial charge in [-0.05, 0) is 38.0 Å². The molecule has 22 heavy (non-hydrogen) atoms. The van der Waals surface area contributed by atoms with E-state index < -0.39 is 0 Å². The van der Waals surface area contributed by atoms with E-state index in [-0.39, 0.29) is 0 Å². The molecule has 1 aliphatic rings. The van der Waals surface area contributed by atoms with Crippen molar-refractivity contribution in [3.63, 3.8) is 0 Å². The van der Waals surface area contributed by atoms with E-state index in [2.05, 4.69) is 23.2 Å². The predicted octanol–water partition coefficient (Wildman–Crippen LogP) is 1.52. The molecule has 1 aromatic rings. The molecule has 1 unspecified atom stereocenters. The average Bonchev–Trinajstić information content (AvgIpc) is 2.51. The van der Waals surface area contributed by atoms with Crippen LogP contribution in [0.2, 0.25) is 0 Å². The molecular weight excluding hydrogens is 278 g/mol. The third-order valence-corrected chi connectivity index (χ3v) is 3.94. The number of morpholine rings is 1. The molecule has 3 N–H and O–H groups in total. The maximum absolute atomic E-state index is 6.02. The van der Waals surface area contributed by atoms with E-state index in [0.29, 0.717) is 12.6 Å². The van der Waals surface area contributed by atoms with Crippen molar-refractivity contribution in [2.45, 2.75) is 26.3 Å². The molecule has 0 aromatic heterocycles. The highest BCUT2D eigenvalue weighted by Crippen LogP contribution is 2.23. The molecule has 5 heteroatoms. The van der Waals surface area contributed by atoms with Crippen LogP contribution in [0.5, 0.6) is 5.75 Å². The fourth-order valence-corrected chi connectivity index (χ4v) is 2.73. The van der Waals surface area contributed by atoms with E-state index in [1.165, 1.54) is 5.56 Å². The van der Waals surface area contributed by atoms with Crippen LogP contribution in [-0.2, 0) is 11.2 Å². The van der Waals surface area contributed by atoms with Gasteiger partial charge in [0, 0.05) is 32.2 Å². The first-order valence-corrected chi connectivity index (χ1v) is 8.23. The van der Waals surface area contributed by atoms with Crippen LogP contribution in [0.4, 0.5) is 5.69 Å². The van der Waals surface area contributed by atoms with Crippen molar-refractivity contribution in [2.75, 3.05) is 51.7 Å². The molecule has 0 bridgehead atoms. The van der Waals surface area contributed by atoms with Gasteiger partial charge in [0.25, 0.3) is 0 Å². The second-order valence-electron chi connectivity index (χ2n) is 5.82. The minimum atomic E-state index is 0.429. The number of nitrogens with one attached hydrogen (secondary N) is 1. The standard InChI is InChI=1S/C17H29N3O2/c1-3-22-17-5-4-15(13-16(17)18)12-14(2)19-6-7-20-8-10-21-11-9-20/h4-5,13-14,19H,3,6-12,18H2,1-2H3. The fraction of sp³-hybridized carbons (Fsp3) is 0.647. The average molecular weight is 307 g/mol. The summed E-state index contributed by atoms with van der Waals surface area (Å²) in [5.74, 6) is 0.777. The molecule has 1 fully saturated rings. The van der Waals surface area contributed by atoms with Crippen molar-refractivity contribution in [1.29, 1.82) is 0 Å². The Balaban J connectivity index is 1.71. The van der Waals surface area contributed by atoms with Gasteiger partial charge in [-0.1, -0.05) is 6.07 Å². The lowest BCUT2D eigenvalue weighted by atomic mass is 10.1. The molecule has 0 saturated carbocycles. The zero-order valence-corrected chi connectivity index (χ0v) is 13.8. The summed E-state index contributed by atoms with van der Waals surface area (Å²) in [7, 11) is 0. The van der Waals surface area contributed by atoms with Gasteiger partial charge < -0.3 is 20.5 Å². The van der Waals surface area contributed by atoms with Gasteiger partial charge in [0.15, 0.2) is 0 Å². The third-order valence-electron chi connectivity index (χ3n) is 3.94. The topological polar surface area (TPSA) is 59.8 Å². The van der Waals surface area contributed by atoms with Gasteiger partial charge in [0.2, 0.25) is 0 Å². The van der Waals surface area contributed by atoms with Crippen LogP contribution in [0, 0.1) is 0 Å². The summed E-state index contributed by atoms with van der Waals surface area (Å²) in [5.41, 5.74) is 7.98. The first-order chi connectivity index (χ1) is 10.7. The van der Waals surface area contributed by atoms with Crippen molar-refractivity contribution >= 4 is 5.69 Å². The lowest BCUT2D eigenvalue weighted by molar-refractivity contribution is 0.0382. The number of anilines is 1. The monoisotopic (exact) mass is 307 g/mol. The van der Waals surface area contributed by atoms with Crippen molar-refractivity contribution in [1.82, 2.24) is 10.2 Å². The molecule has 0 spiro atoms. The minimum Gasteiger partial charge on any atom is -0.492 e. The van der Waals surface area contributed by atoms with Crippen LogP contribution in [-0.4, -0.2) is 56.9 Å². The van der Waals surface area contributed by atoms with E-state index in [4.69, 9.17) is 15.2 Å². The molecule has 0 radical (unpaired) electrons. The van der Waals surface area contributed by atoms with Crippen LogP contribution >= 0.6 is 0 Å². The summed E-state index contributed by atoms with van der Waals surface area (Å²) in [6.07, 6.45) is 0.972. The Morgan fingerprint density at radius 1 is 1.36 bits per heavy atom. The molecular formula is C17H29N3O2. The maximum atomic E-state index is 6.02. The van der Waals surface area contributed by atoms with E-state index in [1.54, 1.807) is 0 Å². The van der Waals surface area contributed by atoms with Crippen molar-refractivity contribution in [2.24, 2.45) is 0 Å². The van der Waals surface area contributed by atoms with Gasteiger partial charge in [-0.3, -0.25) is 4.90 Å². The summed E-state index contributed by atoms with van der Waals surface area (Å²) in [4.78, 5) is 2.44. The molecule has 1 atom stereocenters. The summed E-state index contributed by atoms with van der Waals surface area (Å²) in [6, 6.07) is 6.51. The highest BCUT2D eigenvalue weighted by Gasteiger charge is 2.10. The van der Waals surface area contributed by atoms with E-state index in [0.717, 1.165) is 57.3 Å². The fourth-order valence-electron chi connectivity index (χ4n) is 2.73. The zero-order chi connectivity index (χ0) is 15.8. The minimum absolute atomic E-state index is 0.429. The quantitative estimate of drug-likeness (QED) is 0.713. The number of rotatable bonds is 8. The number of nitrogens with zero attached hydrogens (tertiary/aromatic N) is 1. The van der Waals surface area contributed by atoms with Gasteiger partial charge in [-0.15, -0.1) is 0 Å². The van der Waals surface area contributed by atoms with Gasteiger partial charge in [-0.2, -0.15) is 0 Å². The highest BCUT2D eigenvalue weighted by atomic mass is 16.5. The van der Waals surface area contributed by atoms with Crippen molar-refractivity contribution in [3.05, 3.63) is 23.8 Å². The number of hydrogen-bond acceptors (Lipinski definition) is 5. The Kier molecular flexibility index (Phi) is 6.96. The molecule has 2 rings (SSSR count). The zero-order valence-electron chi connectivity index (χ0n) is 13.8. The first kappa shape index (κ1) is 17.1. The van der Waals surface area contributed by atoms with Crippen LogP contribution in [0.25, 0.3) is 0 Å². The number of benzene rings is 1.